The van der Waals surface area contributed by atoms with E-state index >= 15 is 0 Å². The minimum absolute atomic E-state index is 0.0894. The number of nitrogens with one attached hydrogen (secondary N) is 1. The van der Waals surface area contributed by atoms with Gasteiger partial charge in [0.1, 0.15) is 6.73 Å². The number of nitrogen functional groups attached to an aromatic ring is 2. The van der Waals surface area contributed by atoms with E-state index in [4.69, 9.17) is 85.8 Å². The lowest BCUT2D eigenvalue weighted by Gasteiger charge is -2.37. The van der Waals surface area contributed by atoms with Gasteiger partial charge in [-0.25, -0.2) is 0 Å². The van der Waals surface area contributed by atoms with E-state index < -0.39 is 32.3 Å². The average Bonchev–Trinajstić information content (AvgIpc) is 2.56. The van der Waals surface area contributed by atoms with Gasteiger partial charge in [-0.2, -0.15) is 15.0 Å². The molecule has 1 fully saturated rings. The third-order valence-corrected chi connectivity index (χ3v) is 7.06. The van der Waals surface area contributed by atoms with Gasteiger partial charge < -0.3 is 21.5 Å². The molecule has 0 atom stereocenters. The predicted octanol–water partition coefficient (Wildman–Crippen LogP) is 3.09. The summed E-state index contributed by atoms with van der Waals surface area (Å²) in [6, 6.07) is 0. The van der Waals surface area contributed by atoms with Crippen LogP contribution in [0.4, 0.5) is 17.8 Å². The lowest BCUT2D eigenvalue weighted by molar-refractivity contribution is 0.166. The summed E-state index contributed by atoms with van der Waals surface area (Å²) in [6.07, 6.45) is 0. The highest BCUT2D eigenvalue weighted by Gasteiger charge is 2.46. The minimum Gasteiger partial charge on any atom is -0.368 e. The van der Waals surface area contributed by atoms with Gasteiger partial charge in [-0.1, -0.05) is 0 Å². The summed E-state index contributed by atoms with van der Waals surface area (Å²) in [4.78, 5) is 11.2. The van der Waals surface area contributed by atoms with Crippen molar-refractivity contribution in [3.05, 3.63) is 0 Å². The Kier molecular flexibility index (Phi) is 10.2. The van der Waals surface area contributed by atoms with E-state index in [2.05, 4.69) is 20.3 Å². The molecule has 0 unspecified atom stereocenters. The summed E-state index contributed by atoms with van der Waals surface area (Å²) in [7, 11) is 0. The van der Waals surface area contributed by atoms with Crippen LogP contribution in [-0.4, -0.2) is 60.6 Å². The monoisotopic (exact) mass is 472 g/mol. The maximum atomic E-state index is 5.88. The quantitative estimate of drug-likeness (QED) is 0.349. The van der Waals surface area contributed by atoms with Gasteiger partial charge in [0.2, 0.25) is 17.8 Å². The summed E-state index contributed by atoms with van der Waals surface area (Å²) < 4.78 is 5.02. The maximum absolute atomic E-state index is 5.88. The zero-order valence-electron chi connectivity index (χ0n) is 13.1. The second kappa shape index (κ2) is 11.1. The first-order chi connectivity index (χ1) is 11.7. The number of halogens is 6. The number of anilines is 3. The molecule has 5 N–H and O–H groups in total. The normalized spacial score (nSPS) is 31.8. The van der Waals surface area contributed by atoms with E-state index in [0.29, 0.717) is 19.3 Å². The summed E-state index contributed by atoms with van der Waals surface area (Å²) >= 11 is 35.3. The van der Waals surface area contributed by atoms with E-state index in [-0.39, 0.29) is 11.9 Å². The van der Waals surface area contributed by atoms with Gasteiger partial charge in [0.05, 0.1) is 32.3 Å². The van der Waals surface area contributed by atoms with E-state index in [1.165, 1.54) is 0 Å². The van der Waals surface area contributed by atoms with Gasteiger partial charge in [-0.15, -0.1) is 69.6 Å². The van der Waals surface area contributed by atoms with Crippen LogP contribution in [0.1, 0.15) is 6.92 Å². The molecule has 1 heterocycles. The minimum atomic E-state index is -0.437. The van der Waals surface area contributed by atoms with Crippen molar-refractivity contribution in [2.45, 2.75) is 39.2 Å². The summed E-state index contributed by atoms with van der Waals surface area (Å²) in [5.41, 5.74) is 10.7. The molecule has 144 valence electrons. The Bertz CT molecular complexity index is 464. The van der Waals surface area contributed by atoms with Crippen molar-refractivity contribution in [2.75, 3.05) is 30.1 Å². The first kappa shape index (κ1) is 23.1. The average molecular weight is 475 g/mol. The summed E-state index contributed by atoms with van der Waals surface area (Å²) in [5.74, 6) is 0.497. The highest BCUT2D eigenvalue weighted by atomic mass is 35.5. The highest BCUT2D eigenvalue weighted by Crippen LogP contribution is 2.39. The molecule has 1 aliphatic carbocycles. The Morgan fingerprint density at radius 2 is 1.16 bits per heavy atom. The molecule has 0 aliphatic heterocycles. The molecule has 2 rings (SSSR count). The fourth-order valence-electron chi connectivity index (χ4n) is 1.76. The molecule has 13 heteroatoms. The van der Waals surface area contributed by atoms with Crippen LogP contribution in [0, 0.1) is 0 Å². The van der Waals surface area contributed by atoms with Crippen LogP contribution >= 0.6 is 69.6 Å². The molecule has 1 aromatic rings. The lowest BCUT2D eigenvalue weighted by atomic mass is 9.97. The van der Waals surface area contributed by atoms with Crippen molar-refractivity contribution in [2.24, 2.45) is 0 Å². The number of hydrogen-bond acceptors (Lipinski definition) is 7. The van der Waals surface area contributed by atoms with E-state index in [9.17, 15) is 0 Å². The molecule has 0 amide bonds. The maximum Gasteiger partial charge on any atom is 0.231 e. The highest BCUT2D eigenvalue weighted by molar-refractivity contribution is 6.45. The van der Waals surface area contributed by atoms with Gasteiger partial charge in [-0.3, -0.25) is 0 Å². The molecule has 7 nitrogen and oxygen atoms in total. The Morgan fingerprint density at radius 3 is 1.48 bits per heavy atom. The van der Waals surface area contributed by atoms with Crippen molar-refractivity contribution >= 4 is 87.5 Å². The molecule has 25 heavy (non-hydrogen) atoms. The molecule has 1 aliphatic rings. The van der Waals surface area contributed by atoms with E-state index in [1.807, 2.05) is 6.92 Å². The van der Waals surface area contributed by atoms with Crippen LogP contribution in [0.15, 0.2) is 0 Å². The Morgan fingerprint density at radius 1 is 0.800 bits per heavy atom. The molecule has 0 spiro atoms. The SMILES string of the molecule is CCOCNc1nc(N)nc(N)n1.Cl[C@H]1[C@H](Cl)[C@@H](Cl)[C@@H](Cl)[C@H](Cl)[C@H]1Cl. The fourth-order valence-corrected chi connectivity index (χ4v) is 4.09. The lowest BCUT2D eigenvalue weighted by Crippen LogP contribution is -2.52. The molecule has 1 aromatic heterocycles. The van der Waals surface area contributed by atoms with Gasteiger partial charge in [0, 0.05) is 6.61 Å². The molecular weight excluding hydrogens is 457 g/mol. The Hall–Kier alpha value is 0.110. The fraction of sp³-hybridized carbons (Fsp3) is 0.750. The zero-order chi connectivity index (χ0) is 19.1. The number of rotatable bonds is 4. The van der Waals surface area contributed by atoms with Crippen LogP contribution in [-0.2, 0) is 4.74 Å². The van der Waals surface area contributed by atoms with Crippen molar-refractivity contribution in [3.8, 4) is 0 Å². The molecule has 0 radical (unpaired) electrons. The summed E-state index contributed by atoms with van der Waals surface area (Å²) in [5, 5.41) is 0.162. The predicted molar refractivity (Wildman–Crippen MR) is 107 cm³/mol. The largest absolute Gasteiger partial charge is 0.368 e. The number of nitrogens with two attached hydrogens (primary N) is 2. The third kappa shape index (κ3) is 6.97. The van der Waals surface area contributed by atoms with Crippen LogP contribution < -0.4 is 16.8 Å². The number of hydrogen-bond donors (Lipinski definition) is 3. The number of alkyl halides is 6. The van der Waals surface area contributed by atoms with Gasteiger partial charge in [-0.05, 0) is 6.92 Å². The molecule has 0 bridgehead atoms. The van der Waals surface area contributed by atoms with Gasteiger partial charge in [0.25, 0.3) is 0 Å². The second-order valence-electron chi connectivity index (χ2n) is 4.86. The van der Waals surface area contributed by atoms with Crippen molar-refractivity contribution in [1.29, 1.82) is 0 Å². The number of nitrogens with zero attached hydrogens (tertiary/aromatic N) is 3. The first-order valence-corrected chi connectivity index (χ1v) is 9.73. The number of ether oxygens (including phenoxy) is 1. The smallest absolute Gasteiger partial charge is 0.231 e. The first-order valence-electron chi connectivity index (χ1n) is 7.12. The van der Waals surface area contributed by atoms with Crippen LogP contribution in [0.2, 0.25) is 0 Å². The Balaban J connectivity index is 0.000000251. The van der Waals surface area contributed by atoms with Crippen LogP contribution in [0.25, 0.3) is 0 Å². The standard InChI is InChI=1S/C6H6Cl6.C6H12N6O/c7-1-2(8)4(10)6(12)5(11)3(1)9;1-2-13-3-9-6-11-4(7)10-5(8)12-6/h1-6H;2-3H2,1H3,(H5,7,8,9,10,11,12)/t1-,2-,3-,4+,5+,6+;. The topological polar surface area (TPSA) is 112 Å². The van der Waals surface area contributed by atoms with Crippen molar-refractivity contribution < 1.29 is 4.74 Å². The molecular formula is C12H18Cl6N6O. The summed E-state index contributed by atoms with van der Waals surface area (Å²) in [6.45, 7) is 2.82. The van der Waals surface area contributed by atoms with E-state index in [1.54, 1.807) is 0 Å². The van der Waals surface area contributed by atoms with Crippen LogP contribution in [0.5, 0.6) is 0 Å². The van der Waals surface area contributed by atoms with E-state index in [0.717, 1.165) is 0 Å². The van der Waals surface area contributed by atoms with Gasteiger partial charge in [0.15, 0.2) is 0 Å². The Labute approximate surface area is 176 Å². The third-order valence-electron chi connectivity index (χ3n) is 3.03. The second-order valence-corrected chi connectivity index (χ2v) is 7.88. The molecule has 0 aromatic carbocycles. The van der Waals surface area contributed by atoms with Gasteiger partial charge >= 0.3 is 0 Å². The molecule has 0 saturated heterocycles. The zero-order valence-corrected chi connectivity index (χ0v) is 17.6. The van der Waals surface area contributed by atoms with Crippen molar-refractivity contribution in [1.82, 2.24) is 15.0 Å². The van der Waals surface area contributed by atoms with Crippen molar-refractivity contribution in [3.63, 3.8) is 0 Å². The molecule has 1 saturated carbocycles. The number of aromatic nitrogens is 3. The van der Waals surface area contributed by atoms with Crippen LogP contribution in [0.3, 0.4) is 0 Å².